The fourth-order valence-electron chi connectivity index (χ4n) is 5.01. The molecule has 5 nitrogen and oxygen atoms in total. The molecular formula is C22H17NO4. The summed E-state index contributed by atoms with van der Waals surface area (Å²) >= 11 is 0. The lowest BCUT2D eigenvalue weighted by atomic mass is 9.73. The van der Waals surface area contributed by atoms with Gasteiger partial charge in [0.25, 0.3) is 0 Å². The highest BCUT2D eigenvalue weighted by molar-refractivity contribution is 6.09. The van der Waals surface area contributed by atoms with E-state index in [0.29, 0.717) is 5.90 Å². The fourth-order valence-corrected chi connectivity index (χ4v) is 5.01. The second kappa shape index (κ2) is 5.22. The summed E-state index contributed by atoms with van der Waals surface area (Å²) in [5.41, 5.74) is 0.989. The normalized spacial score (nSPS) is 32.2. The summed E-state index contributed by atoms with van der Waals surface area (Å²) in [6.45, 7) is 0.235. The van der Waals surface area contributed by atoms with E-state index in [0.717, 1.165) is 29.0 Å². The van der Waals surface area contributed by atoms with Gasteiger partial charge >= 0.3 is 5.97 Å². The van der Waals surface area contributed by atoms with E-state index in [1.165, 1.54) is 0 Å². The average Bonchev–Trinajstić information content (AvgIpc) is 3.46. The number of hydrogen-bond donors (Lipinski definition) is 0. The molecule has 0 radical (unpaired) electrons. The largest absolute Gasteiger partial charge is 0.454 e. The number of esters is 1. The number of nitrogens with zero attached hydrogens (tertiary/aromatic N) is 1. The summed E-state index contributed by atoms with van der Waals surface area (Å²) < 4.78 is 16.7. The van der Waals surface area contributed by atoms with Gasteiger partial charge in [0.2, 0.25) is 12.7 Å². The minimum atomic E-state index is -0.891. The van der Waals surface area contributed by atoms with E-state index >= 15 is 0 Å². The van der Waals surface area contributed by atoms with Gasteiger partial charge in [-0.1, -0.05) is 36.4 Å². The highest BCUT2D eigenvalue weighted by atomic mass is 16.7. The number of allylic oxidation sites excluding steroid dienone is 1. The van der Waals surface area contributed by atoms with Crippen LogP contribution in [0.2, 0.25) is 0 Å². The zero-order valence-corrected chi connectivity index (χ0v) is 14.5. The van der Waals surface area contributed by atoms with Crippen LogP contribution in [0.3, 0.4) is 0 Å². The summed E-state index contributed by atoms with van der Waals surface area (Å²) in [4.78, 5) is 18.1. The molecule has 2 aliphatic carbocycles. The van der Waals surface area contributed by atoms with E-state index < -0.39 is 5.54 Å². The molecule has 6 rings (SSSR count). The highest BCUT2D eigenvalue weighted by Gasteiger charge is 2.65. The Morgan fingerprint density at radius 2 is 1.85 bits per heavy atom. The Labute approximate surface area is 156 Å². The zero-order valence-electron chi connectivity index (χ0n) is 14.5. The Hall–Kier alpha value is -3.08. The number of cyclic esters (lactones) is 1. The number of carbonyl (C=O) groups is 1. The average molecular weight is 359 g/mol. The third-order valence-electron chi connectivity index (χ3n) is 6.16. The Morgan fingerprint density at radius 3 is 2.74 bits per heavy atom. The predicted octanol–water partition coefficient (Wildman–Crippen LogP) is 3.45. The molecule has 2 unspecified atom stereocenters. The number of ether oxygens (including phenoxy) is 3. The van der Waals surface area contributed by atoms with Gasteiger partial charge in [-0.3, -0.25) is 0 Å². The third-order valence-corrected chi connectivity index (χ3v) is 6.16. The lowest BCUT2D eigenvalue weighted by molar-refractivity contribution is -0.140. The smallest absolute Gasteiger partial charge is 0.342 e. The van der Waals surface area contributed by atoms with Crippen molar-refractivity contribution in [3.05, 3.63) is 71.8 Å². The molecule has 0 N–H and O–H groups in total. The minimum Gasteiger partial charge on any atom is -0.454 e. The van der Waals surface area contributed by atoms with Gasteiger partial charge in [-0.25, -0.2) is 9.79 Å². The molecule has 1 fully saturated rings. The molecule has 2 aromatic carbocycles. The van der Waals surface area contributed by atoms with Crippen molar-refractivity contribution < 1.29 is 19.0 Å². The van der Waals surface area contributed by atoms with Crippen molar-refractivity contribution >= 4 is 11.9 Å². The number of benzene rings is 2. The minimum absolute atomic E-state index is 0.0595. The van der Waals surface area contributed by atoms with Crippen molar-refractivity contribution in [2.45, 2.75) is 17.9 Å². The first-order valence-electron chi connectivity index (χ1n) is 9.21. The lowest BCUT2D eigenvalue weighted by Crippen LogP contribution is -2.44. The van der Waals surface area contributed by atoms with Gasteiger partial charge in [0, 0.05) is 17.4 Å². The molecule has 1 spiro atoms. The molecule has 5 heteroatoms. The number of carbonyl (C=O) groups excluding carboxylic acids is 1. The van der Waals surface area contributed by atoms with Crippen LogP contribution in [-0.4, -0.2) is 24.2 Å². The van der Waals surface area contributed by atoms with E-state index in [2.05, 4.69) is 12.2 Å². The SMILES string of the molecule is O=C1OC(c2ccccc2)=N[C@]12C1C=CC(C1)[C@H]2c1ccc2c(c1)OCO2. The Balaban J connectivity index is 1.49. The molecule has 2 aliphatic heterocycles. The second-order valence-corrected chi connectivity index (χ2v) is 7.48. The number of rotatable bonds is 2. The van der Waals surface area contributed by atoms with Crippen LogP contribution in [0.15, 0.2) is 65.7 Å². The van der Waals surface area contributed by atoms with E-state index in [-0.39, 0.29) is 30.5 Å². The molecule has 2 bridgehead atoms. The highest BCUT2D eigenvalue weighted by Crippen LogP contribution is 2.60. The first-order chi connectivity index (χ1) is 13.3. The van der Waals surface area contributed by atoms with Gasteiger partial charge in [-0.15, -0.1) is 0 Å². The van der Waals surface area contributed by atoms with Crippen molar-refractivity contribution in [2.75, 3.05) is 6.79 Å². The van der Waals surface area contributed by atoms with Crippen LogP contribution < -0.4 is 9.47 Å². The summed E-state index contributed by atoms with van der Waals surface area (Å²) in [7, 11) is 0. The number of aliphatic imine (C=N–C) groups is 1. The zero-order chi connectivity index (χ0) is 18.0. The van der Waals surface area contributed by atoms with E-state index in [9.17, 15) is 4.79 Å². The number of hydrogen-bond acceptors (Lipinski definition) is 5. The maximum Gasteiger partial charge on any atom is 0.342 e. The maximum absolute atomic E-state index is 13.2. The van der Waals surface area contributed by atoms with Crippen molar-refractivity contribution in [3.8, 4) is 11.5 Å². The maximum atomic E-state index is 13.2. The van der Waals surface area contributed by atoms with Gasteiger partial charge in [0.15, 0.2) is 17.0 Å². The Kier molecular flexibility index (Phi) is 2.91. The first kappa shape index (κ1) is 15.0. The summed E-state index contributed by atoms with van der Waals surface area (Å²) in [6, 6.07) is 15.6. The van der Waals surface area contributed by atoms with Crippen molar-refractivity contribution in [2.24, 2.45) is 16.8 Å². The van der Waals surface area contributed by atoms with Gasteiger partial charge in [-0.2, -0.15) is 0 Å². The van der Waals surface area contributed by atoms with Crippen molar-refractivity contribution in [1.82, 2.24) is 0 Å². The monoisotopic (exact) mass is 359 g/mol. The predicted molar refractivity (Wildman–Crippen MR) is 97.8 cm³/mol. The first-order valence-corrected chi connectivity index (χ1v) is 9.21. The summed E-state index contributed by atoms with van der Waals surface area (Å²) in [6.07, 6.45) is 5.26. The molecule has 2 heterocycles. The second-order valence-electron chi connectivity index (χ2n) is 7.48. The lowest BCUT2D eigenvalue weighted by Gasteiger charge is -2.32. The standard InChI is InChI=1S/C22H17NO4/c24-21-22(23-20(27-21)13-4-2-1-3-5-13)16-8-6-14(10-16)19(22)15-7-9-17-18(11-15)26-12-25-17/h1-9,11,14,16,19H,10,12H2/t14?,16?,19-,22-/m0/s1. The van der Waals surface area contributed by atoms with E-state index in [1.807, 2.05) is 48.5 Å². The van der Waals surface area contributed by atoms with Gasteiger partial charge in [0.1, 0.15) is 0 Å². The molecule has 0 aromatic heterocycles. The Morgan fingerprint density at radius 1 is 1.00 bits per heavy atom. The molecule has 4 aliphatic rings. The third kappa shape index (κ3) is 1.94. The van der Waals surface area contributed by atoms with Crippen LogP contribution in [0, 0.1) is 11.8 Å². The van der Waals surface area contributed by atoms with Crippen LogP contribution in [0.4, 0.5) is 0 Å². The van der Waals surface area contributed by atoms with Crippen LogP contribution in [-0.2, 0) is 9.53 Å². The van der Waals surface area contributed by atoms with Crippen LogP contribution in [0.25, 0.3) is 0 Å². The summed E-state index contributed by atoms with van der Waals surface area (Å²) in [5.74, 6) is 1.92. The molecule has 0 saturated heterocycles. The fraction of sp³-hybridized carbons (Fsp3) is 0.273. The Bertz CT molecular complexity index is 1010. The van der Waals surface area contributed by atoms with E-state index in [1.54, 1.807) is 0 Å². The molecule has 4 atom stereocenters. The van der Waals surface area contributed by atoms with Crippen molar-refractivity contribution in [1.29, 1.82) is 0 Å². The molecule has 134 valence electrons. The molecular weight excluding hydrogens is 342 g/mol. The van der Waals surface area contributed by atoms with Crippen LogP contribution >= 0.6 is 0 Å². The molecule has 27 heavy (non-hydrogen) atoms. The molecule has 0 amide bonds. The van der Waals surface area contributed by atoms with Crippen LogP contribution in [0.5, 0.6) is 11.5 Å². The quantitative estimate of drug-likeness (QED) is 0.609. The van der Waals surface area contributed by atoms with E-state index in [4.69, 9.17) is 19.2 Å². The molecule has 1 saturated carbocycles. The van der Waals surface area contributed by atoms with Gasteiger partial charge < -0.3 is 14.2 Å². The topological polar surface area (TPSA) is 57.1 Å². The molecule has 2 aromatic rings. The van der Waals surface area contributed by atoms with Gasteiger partial charge in [-0.05, 0) is 42.2 Å². The van der Waals surface area contributed by atoms with Crippen LogP contribution in [0.1, 0.15) is 23.5 Å². The summed E-state index contributed by atoms with van der Waals surface area (Å²) in [5, 5.41) is 0. The van der Waals surface area contributed by atoms with Crippen molar-refractivity contribution in [3.63, 3.8) is 0 Å². The van der Waals surface area contributed by atoms with Gasteiger partial charge in [0.05, 0.1) is 0 Å². The number of fused-ring (bicyclic) bond motifs is 4.